The number of ether oxygens (including phenoxy) is 1. The van der Waals surface area contributed by atoms with Gasteiger partial charge in [-0.3, -0.25) is 9.69 Å². The van der Waals surface area contributed by atoms with Gasteiger partial charge in [0.2, 0.25) is 5.91 Å². The van der Waals surface area contributed by atoms with E-state index in [-0.39, 0.29) is 30.7 Å². The molecule has 8 heteroatoms. The van der Waals surface area contributed by atoms with Crippen molar-refractivity contribution in [3.05, 3.63) is 30.5 Å². The minimum Gasteiger partial charge on any atom is -0.379 e. The van der Waals surface area contributed by atoms with Crippen molar-refractivity contribution in [1.82, 2.24) is 14.8 Å². The Bertz CT molecular complexity index is 702. The predicted molar refractivity (Wildman–Crippen MR) is 115 cm³/mol. The molecule has 27 heavy (non-hydrogen) atoms. The fourth-order valence-corrected chi connectivity index (χ4v) is 3.20. The van der Waals surface area contributed by atoms with Crippen LogP contribution in [0.15, 0.2) is 30.5 Å². The van der Waals surface area contributed by atoms with Gasteiger partial charge in [-0.15, -0.1) is 24.8 Å². The van der Waals surface area contributed by atoms with E-state index in [1.165, 1.54) is 5.52 Å². The number of anilines is 1. The Morgan fingerprint density at radius 3 is 2.67 bits per heavy atom. The molecule has 152 valence electrons. The van der Waals surface area contributed by atoms with Crippen LogP contribution in [0.2, 0.25) is 0 Å². The first-order valence-corrected chi connectivity index (χ1v) is 9.10. The van der Waals surface area contributed by atoms with Crippen LogP contribution >= 0.6 is 24.8 Å². The van der Waals surface area contributed by atoms with Crippen LogP contribution in [0.3, 0.4) is 0 Å². The van der Waals surface area contributed by atoms with Crippen molar-refractivity contribution in [2.45, 2.75) is 19.4 Å². The number of carbonyl (C=O) groups excluding carboxylic acids is 1. The van der Waals surface area contributed by atoms with Crippen molar-refractivity contribution in [1.29, 1.82) is 0 Å². The van der Waals surface area contributed by atoms with Crippen molar-refractivity contribution in [3.8, 4) is 0 Å². The molecule has 0 unspecified atom stereocenters. The fourth-order valence-electron chi connectivity index (χ4n) is 3.20. The highest BCUT2D eigenvalue weighted by Gasteiger charge is 2.11. The Labute approximate surface area is 173 Å². The van der Waals surface area contributed by atoms with E-state index in [0.717, 1.165) is 63.4 Å². The van der Waals surface area contributed by atoms with Crippen molar-refractivity contribution in [3.63, 3.8) is 0 Å². The van der Waals surface area contributed by atoms with E-state index in [0.29, 0.717) is 6.42 Å². The zero-order valence-corrected chi connectivity index (χ0v) is 17.4. The van der Waals surface area contributed by atoms with Crippen LogP contribution in [0.5, 0.6) is 0 Å². The summed E-state index contributed by atoms with van der Waals surface area (Å²) in [5.74, 6) is 0.0707. The van der Waals surface area contributed by atoms with Crippen LogP contribution in [0.1, 0.15) is 12.8 Å². The largest absolute Gasteiger partial charge is 0.379 e. The molecule has 6 nitrogen and oxygen atoms in total. The molecule has 1 aromatic carbocycles. The maximum absolute atomic E-state index is 11.9. The first-order chi connectivity index (χ1) is 12.3. The zero-order valence-electron chi connectivity index (χ0n) is 15.8. The number of benzene rings is 1. The van der Waals surface area contributed by atoms with E-state index in [4.69, 9.17) is 4.74 Å². The topological polar surface area (TPSA) is 58.5 Å². The monoisotopic (exact) mass is 416 g/mol. The summed E-state index contributed by atoms with van der Waals surface area (Å²) >= 11 is 0. The number of rotatable bonds is 8. The third kappa shape index (κ3) is 6.97. The molecule has 0 atom stereocenters. The minimum absolute atomic E-state index is 0. The average molecular weight is 417 g/mol. The maximum Gasteiger partial charge on any atom is 0.224 e. The number of carbonyl (C=O) groups is 1. The van der Waals surface area contributed by atoms with E-state index < -0.39 is 0 Å². The lowest BCUT2D eigenvalue weighted by Crippen LogP contribution is -2.38. The number of nitrogens with zero attached hydrogens (tertiary/aromatic N) is 2. The highest BCUT2D eigenvalue weighted by molar-refractivity contribution is 5.93. The Kier molecular flexibility index (Phi) is 10.7. The average Bonchev–Trinajstić information content (AvgIpc) is 3.03. The third-order valence-electron chi connectivity index (χ3n) is 4.65. The van der Waals surface area contributed by atoms with Gasteiger partial charge in [-0.25, -0.2) is 0 Å². The maximum atomic E-state index is 11.9. The Morgan fingerprint density at radius 1 is 1.15 bits per heavy atom. The molecule has 1 fully saturated rings. The predicted octanol–water partition coefficient (Wildman–Crippen LogP) is 2.76. The van der Waals surface area contributed by atoms with Gasteiger partial charge in [0.1, 0.15) is 0 Å². The molecular weight excluding hydrogens is 387 g/mol. The van der Waals surface area contributed by atoms with Crippen LogP contribution in [0, 0.1) is 0 Å². The van der Waals surface area contributed by atoms with Crippen molar-refractivity contribution >= 4 is 47.3 Å². The van der Waals surface area contributed by atoms with Gasteiger partial charge in [0.15, 0.2) is 0 Å². The van der Waals surface area contributed by atoms with Gasteiger partial charge in [0, 0.05) is 55.4 Å². The van der Waals surface area contributed by atoms with Crippen LogP contribution in [0.25, 0.3) is 10.9 Å². The number of halogens is 2. The number of aromatic nitrogens is 1. The summed E-state index contributed by atoms with van der Waals surface area (Å²) in [6.07, 6.45) is 3.52. The second-order valence-electron chi connectivity index (χ2n) is 6.49. The van der Waals surface area contributed by atoms with Crippen LogP contribution in [-0.2, 0) is 16.1 Å². The molecule has 1 aromatic heterocycles. The quantitative estimate of drug-likeness (QED) is 0.649. The summed E-state index contributed by atoms with van der Waals surface area (Å²) in [4.78, 5) is 14.4. The smallest absolute Gasteiger partial charge is 0.224 e. The Balaban J connectivity index is 0.00000182. The molecule has 3 rings (SSSR count). The van der Waals surface area contributed by atoms with Crippen LogP contribution in [0.4, 0.5) is 5.69 Å². The minimum atomic E-state index is 0. The number of amides is 1. The number of morpholine rings is 1. The second-order valence-corrected chi connectivity index (χ2v) is 6.49. The van der Waals surface area contributed by atoms with Crippen molar-refractivity contribution in [2.24, 2.45) is 0 Å². The van der Waals surface area contributed by atoms with Gasteiger partial charge in [0.05, 0.1) is 13.2 Å². The normalized spacial score (nSPS) is 14.4. The summed E-state index contributed by atoms with van der Waals surface area (Å²) in [5.41, 5.74) is 2.08. The highest BCUT2D eigenvalue weighted by atomic mass is 35.5. The molecule has 2 aromatic rings. The van der Waals surface area contributed by atoms with Crippen LogP contribution < -0.4 is 10.6 Å². The first kappa shape index (κ1) is 23.7. The van der Waals surface area contributed by atoms with Crippen molar-refractivity contribution in [2.75, 3.05) is 51.8 Å². The van der Waals surface area contributed by atoms with Gasteiger partial charge in [-0.1, -0.05) is 0 Å². The summed E-state index contributed by atoms with van der Waals surface area (Å²) in [6, 6.07) is 8.25. The van der Waals surface area contributed by atoms with Crippen molar-refractivity contribution < 1.29 is 9.53 Å². The van der Waals surface area contributed by atoms with Gasteiger partial charge >= 0.3 is 0 Å². The molecule has 0 radical (unpaired) electrons. The number of fused-ring (bicyclic) bond motifs is 1. The molecule has 2 heterocycles. The molecule has 2 N–H and O–H groups in total. The number of hydrogen-bond acceptors (Lipinski definition) is 4. The third-order valence-corrected chi connectivity index (χ3v) is 4.65. The molecule has 0 saturated carbocycles. The lowest BCUT2D eigenvalue weighted by Gasteiger charge is -2.26. The molecule has 1 amide bonds. The number of nitrogens with one attached hydrogen (secondary N) is 2. The van der Waals surface area contributed by atoms with E-state index >= 15 is 0 Å². The van der Waals surface area contributed by atoms with Gasteiger partial charge in [0.25, 0.3) is 0 Å². The van der Waals surface area contributed by atoms with E-state index in [2.05, 4.69) is 44.5 Å². The lowest BCUT2D eigenvalue weighted by molar-refractivity contribution is -0.116. The molecule has 1 aliphatic heterocycles. The summed E-state index contributed by atoms with van der Waals surface area (Å²) < 4.78 is 7.68. The molecule has 0 spiro atoms. The fraction of sp³-hybridized carbons (Fsp3) is 0.526. The van der Waals surface area contributed by atoms with E-state index in [1.54, 1.807) is 0 Å². The van der Waals surface area contributed by atoms with Gasteiger partial charge in [-0.2, -0.15) is 0 Å². The SMILES string of the molecule is CNCCCC(=O)Nc1ccc2c(ccn2CCN2CCOCC2)c1.Cl.Cl. The molecular formula is C19H30Cl2N4O2. The van der Waals surface area contributed by atoms with Gasteiger partial charge in [-0.05, 0) is 44.3 Å². The highest BCUT2D eigenvalue weighted by Crippen LogP contribution is 2.21. The Morgan fingerprint density at radius 2 is 1.93 bits per heavy atom. The standard InChI is InChI=1S/C19H28N4O2.2ClH/c1-20-7-2-3-19(24)21-17-4-5-18-16(15-17)6-8-23(18)10-9-22-11-13-25-14-12-22;;/h4-6,8,15,20H,2-3,7,9-14H2,1H3,(H,21,24);2*1H. The van der Waals surface area contributed by atoms with E-state index in [1.807, 2.05) is 13.1 Å². The first-order valence-electron chi connectivity index (χ1n) is 9.10. The van der Waals surface area contributed by atoms with Gasteiger partial charge < -0.3 is 19.9 Å². The Hall–Kier alpha value is -1.31. The number of hydrogen-bond donors (Lipinski definition) is 2. The summed E-state index contributed by atoms with van der Waals surface area (Å²) in [6.45, 7) is 6.58. The van der Waals surface area contributed by atoms with Crippen LogP contribution in [-0.4, -0.2) is 61.8 Å². The van der Waals surface area contributed by atoms with E-state index in [9.17, 15) is 4.79 Å². The molecule has 0 aliphatic carbocycles. The molecule has 1 saturated heterocycles. The summed E-state index contributed by atoms with van der Waals surface area (Å²) in [7, 11) is 1.90. The lowest BCUT2D eigenvalue weighted by atomic mass is 10.2. The second kappa shape index (κ2) is 12.2. The summed E-state index contributed by atoms with van der Waals surface area (Å²) in [5, 5.41) is 7.21. The molecule has 1 aliphatic rings. The zero-order chi connectivity index (χ0) is 17.5. The molecule has 0 bridgehead atoms.